The number of quaternary nitrogens is 1. The number of amides is 1. The van der Waals surface area contributed by atoms with Crippen molar-refractivity contribution in [2.75, 3.05) is 37.4 Å². The summed E-state index contributed by atoms with van der Waals surface area (Å²) in [5.41, 5.74) is 2.73. The summed E-state index contributed by atoms with van der Waals surface area (Å²) in [4.78, 5) is 15.6. The van der Waals surface area contributed by atoms with Gasteiger partial charge in [0.25, 0.3) is 5.91 Å². The lowest BCUT2D eigenvalue weighted by molar-refractivity contribution is -0.903. The molecule has 0 saturated carbocycles. The third-order valence-electron chi connectivity index (χ3n) is 4.09. The summed E-state index contributed by atoms with van der Waals surface area (Å²) in [6.45, 7) is 3.96. The number of rotatable bonds is 7. The maximum absolute atomic E-state index is 12.4. The number of nitrogens with zero attached hydrogens (tertiary/aromatic N) is 1. The summed E-state index contributed by atoms with van der Waals surface area (Å²) in [5.74, 6) is -0.141. The largest absolute Gasteiger partial charge is 0.378 e. The molecule has 2 aromatic carbocycles. The first-order valence-electron chi connectivity index (χ1n) is 8.34. The first kappa shape index (κ1) is 20.8. The Balaban J connectivity index is 2.00. The van der Waals surface area contributed by atoms with Gasteiger partial charge in [0, 0.05) is 30.4 Å². The maximum atomic E-state index is 12.4. The lowest BCUT2D eigenvalue weighted by Gasteiger charge is -2.19. The quantitative estimate of drug-likeness (QED) is 0.722. The molecule has 140 valence electrons. The zero-order valence-corrected chi connectivity index (χ0v) is 17.3. The Labute approximate surface area is 169 Å². The van der Waals surface area contributed by atoms with Gasteiger partial charge in [-0.15, -0.1) is 0 Å². The van der Waals surface area contributed by atoms with Crippen LogP contribution in [0.3, 0.4) is 0 Å². The number of carbonyl (C=O) groups excluding carboxylic acids is 1. The summed E-state index contributed by atoms with van der Waals surface area (Å²) in [5, 5.41) is 3.88. The topological polar surface area (TPSA) is 36.8 Å². The second-order valence-corrected chi connectivity index (χ2v) is 7.56. The fraction of sp³-hybridized carbons (Fsp3) is 0.316. The van der Waals surface area contributed by atoms with Gasteiger partial charge in [0.15, 0.2) is 6.54 Å². The van der Waals surface area contributed by atoms with Crippen molar-refractivity contribution in [2.24, 2.45) is 0 Å². The van der Waals surface area contributed by atoms with Crippen LogP contribution in [-0.2, 0) is 11.3 Å². The number of nitrogens with one attached hydrogen (secondary N) is 2. The normalized spacial score (nSPS) is 11.9. The van der Waals surface area contributed by atoms with Crippen LogP contribution in [0.25, 0.3) is 0 Å². The number of halogens is 3. The van der Waals surface area contributed by atoms with Crippen molar-refractivity contribution in [3.63, 3.8) is 0 Å². The highest BCUT2D eigenvalue weighted by Gasteiger charge is 2.16. The molecular weight excluding hydrogens is 393 g/mol. The average molecular weight is 416 g/mol. The molecular formula is C19H23Cl3N3O+. The zero-order valence-electron chi connectivity index (χ0n) is 15.1. The molecule has 4 nitrogen and oxygen atoms in total. The summed E-state index contributed by atoms with van der Waals surface area (Å²) < 4.78 is 0. The Morgan fingerprint density at radius 3 is 2.15 bits per heavy atom. The van der Waals surface area contributed by atoms with Crippen LogP contribution in [0.5, 0.6) is 0 Å². The van der Waals surface area contributed by atoms with Gasteiger partial charge in [-0.2, -0.15) is 0 Å². The molecule has 1 unspecified atom stereocenters. The van der Waals surface area contributed by atoms with E-state index < -0.39 is 0 Å². The highest BCUT2D eigenvalue weighted by Crippen LogP contribution is 2.33. The standard InChI is InChI=1S/C19H22Cl3N3O/c1-4-25(11-13-5-7-15(8-6-13)24(2)3)12-18(26)23-19-16(21)9-14(20)10-17(19)22/h5-10H,4,11-12H2,1-3H3,(H,23,26)/p+1. The predicted molar refractivity (Wildman–Crippen MR) is 111 cm³/mol. The number of anilines is 2. The van der Waals surface area contributed by atoms with Crippen molar-refractivity contribution in [1.82, 2.24) is 0 Å². The molecule has 0 radical (unpaired) electrons. The summed E-state index contributed by atoms with van der Waals surface area (Å²) in [6, 6.07) is 11.5. The minimum absolute atomic E-state index is 0.141. The lowest BCUT2D eigenvalue weighted by atomic mass is 10.2. The van der Waals surface area contributed by atoms with Gasteiger partial charge in [-0.1, -0.05) is 46.9 Å². The van der Waals surface area contributed by atoms with E-state index in [1.807, 2.05) is 14.1 Å². The van der Waals surface area contributed by atoms with Crippen molar-refractivity contribution >= 4 is 52.1 Å². The molecule has 0 saturated heterocycles. The predicted octanol–water partition coefficient (Wildman–Crippen LogP) is 3.76. The van der Waals surface area contributed by atoms with E-state index in [-0.39, 0.29) is 5.91 Å². The molecule has 2 N–H and O–H groups in total. The van der Waals surface area contributed by atoms with Crippen LogP contribution in [0.2, 0.25) is 15.1 Å². The molecule has 0 spiro atoms. The van der Waals surface area contributed by atoms with E-state index in [1.54, 1.807) is 12.1 Å². The van der Waals surface area contributed by atoms with Crippen LogP contribution in [0.1, 0.15) is 12.5 Å². The van der Waals surface area contributed by atoms with E-state index >= 15 is 0 Å². The molecule has 0 bridgehead atoms. The summed E-state index contributed by atoms with van der Waals surface area (Å²) in [7, 11) is 4.02. The van der Waals surface area contributed by atoms with Gasteiger partial charge >= 0.3 is 0 Å². The van der Waals surface area contributed by atoms with Crippen LogP contribution < -0.4 is 15.1 Å². The molecule has 0 aromatic heterocycles. The Bertz CT molecular complexity index is 740. The van der Waals surface area contributed by atoms with Gasteiger partial charge < -0.3 is 15.1 Å². The van der Waals surface area contributed by atoms with Gasteiger partial charge in [-0.3, -0.25) is 4.79 Å². The van der Waals surface area contributed by atoms with Crippen molar-refractivity contribution in [3.05, 3.63) is 57.0 Å². The lowest BCUT2D eigenvalue weighted by Crippen LogP contribution is -3.11. The maximum Gasteiger partial charge on any atom is 0.279 e. The first-order chi connectivity index (χ1) is 12.3. The fourth-order valence-electron chi connectivity index (χ4n) is 2.59. The number of likely N-dealkylation sites (N-methyl/N-ethyl adjacent to an activating group) is 1. The van der Waals surface area contributed by atoms with Crippen molar-refractivity contribution in [1.29, 1.82) is 0 Å². The molecule has 2 rings (SSSR count). The molecule has 26 heavy (non-hydrogen) atoms. The third kappa shape index (κ3) is 5.78. The molecule has 0 aliphatic carbocycles. The van der Waals surface area contributed by atoms with E-state index in [1.165, 1.54) is 5.56 Å². The SMILES string of the molecule is CC[NH+](CC(=O)Nc1c(Cl)cc(Cl)cc1Cl)Cc1ccc(N(C)C)cc1. The molecule has 1 amide bonds. The number of carbonyl (C=O) groups is 1. The van der Waals surface area contributed by atoms with Crippen LogP contribution in [0, 0.1) is 0 Å². The minimum atomic E-state index is -0.141. The minimum Gasteiger partial charge on any atom is -0.378 e. The highest BCUT2D eigenvalue weighted by molar-refractivity contribution is 6.42. The summed E-state index contributed by atoms with van der Waals surface area (Å²) in [6.07, 6.45) is 0. The van der Waals surface area contributed by atoms with Crippen LogP contribution in [0.15, 0.2) is 36.4 Å². The smallest absolute Gasteiger partial charge is 0.279 e. The fourth-order valence-corrected chi connectivity index (χ4v) is 3.50. The van der Waals surface area contributed by atoms with E-state index in [0.29, 0.717) is 27.3 Å². The second-order valence-electron chi connectivity index (χ2n) is 6.31. The molecule has 7 heteroatoms. The van der Waals surface area contributed by atoms with Crippen molar-refractivity contribution in [2.45, 2.75) is 13.5 Å². The number of benzene rings is 2. The van der Waals surface area contributed by atoms with Gasteiger partial charge in [-0.05, 0) is 31.2 Å². The first-order valence-corrected chi connectivity index (χ1v) is 9.47. The van der Waals surface area contributed by atoms with Crippen LogP contribution in [-0.4, -0.2) is 33.1 Å². The average Bonchev–Trinajstić information content (AvgIpc) is 2.58. The van der Waals surface area contributed by atoms with Crippen molar-refractivity contribution in [3.8, 4) is 0 Å². The Hall–Kier alpha value is -1.46. The second kappa shape index (κ2) is 9.47. The summed E-state index contributed by atoms with van der Waals surface area (Å²) >= 11 is 18.1. The van der Waals surface area contributed by atoms with E-state index in [9.17, 15) is 4.79 Å². The third-order valence-corrected chi connectivity index (χ3v) is 4.90. The Morgan fingerprint density at radius 2 is 1.65 bits per heavy atom. The molecule has 2 aromatic rings. The van der Waals surface area contributed by atoms with Crippen LogP contribution in [0.4, 0.5) is 11.4 Å². The molecule has 1 atom stereocenters. The van der Waals surface area contributed by atoms with Crippen molar-refractivity contribution < 1.29 is 9.69 Å². The molecule has 0 aliphatic rings. The zero-order chi connectivity index (χ0) is 19.3. The molecule has 0 heterocycles. The van der Waals surface area contributed by atoms with Gasteiger partial charge in [0.05, 0.1) is 22.3 Å². The number of hydrogen-bond donors (Lipinski definition) is 2. The van der Waals surface area contributed by atoms with Crippen LogP contribution >= 0.6 is 34.8 Å². The van der Waals surface area contributed by atoms with E-state index in [0.717, 1.165) is 23.7 Å². The Morgan fingerprint density at radius 1 is 1.08 bits per heavy atom. The highest BCUT2D eigenvalue weighted by atomic mass is 35.5. The van der Waals surface area contributed by atoms with E-state index in [4.69, 9.17) is 34.8 Å². The molecule has 0 fully saturated rings. The number of hydrogen-bond acceptors (Lipinski definition) is 2. The van der Waals surface area contributed by atoms with Gasteiger partial charge in [0.2, 0.25) is 0 Å². The monoisotopic (exact) mass is 414 g/mol. The van der Waals surface area contributed by atoms with Gasteiger partial charge in [0.1, 0.15) is 6.54 Å². The van der Waals surface area contributed by atoms with Gasteiger partial charge in [-0.25, -0.2) is 0 Å². The Kier molecular flexibility index (Phi) is 7.59. The van der Waals surface area contributed by atoms with E-state index in [2.05, 4.69) is 41.4 Å². The molecule has 0 aliphatic heterocycles.